The minimum absolute atomic E-state index is 0.0236. The van der Waals surface area contributed by atoms with Gasteiger partial charge in [-0.25, -0.2) is 9.59 Å². The van der Waals surface area contributed by atoms with Crippen LogP contribution in [0.4, 0.5) is 9.59 Å². The maximum Gasteiger partial charge on any atom is 0.513 e. The molecule has 0 radical (unpaired) electrons. The second kappa shape index (κ2) is 16.5. The van der Waals surface area contributed by atoms with Gasteiger partial charge in [0.05, 0.1) is 13.2 Å². The summed E-state index contributed by atoms with van der Waals surface area (Å²) in [6.45, 7) is 13.0. The van der Waals surface area contributed by atoms with Crippen LogP contribution < -0.4 is 15.2 Å². The van der Waals surface area contributed by atoms with Crippen molar-refractivity contribution in [1.29, 1.82) is 0 Å². The number of carbonyl (C=O) groups excluding carboxylic acids is 4. The Bertz CT molecular complexity index is 928. The van der Waals surface area contributed by atoms with Crippen molar-refractivity contribution in [2.24, 2.45) is 23.5 Å². The lowest BCUT2D eigenvalue weighted by Crippen LogP contribution is -2.36. The highest BCUT2D eigenvalue weighted by molar-refractivity contribution is 5.76. The van der Waals surface area contributed by atoms with Crippen molar-refractivity contribution >= 4 is 24.2 Å². The maximum absolute atomic E-state index is 12.4. The second-order valence-electron chi connectivity index (χ2n) is 10.2. The Hall–Kier alpha value is -3.34. The summed E-state index contributed by atoms with van der Waals surface area (Å²) in [6.07, 6.45) is -2.28. The van der Waals surface area contributed by atoms with Gasteiger partial charge < -0.3 is 34.2 Å². The first-order valence-electron chi connectivity index (χ1n) is 12.7. The highest BCUT2D eigenvalue weighted by atomic mass is 16.7. The SMILES string of the molecule is CC(C)COC(=O)Oc1ccc(C[C@H](N)C(=O)OC[C@H](C)OC(=O)CC(C)C)cc1OC(=O)OCC(C)C. The first-order valence-corrected chi connectivity index (χ1v) is 12.7. The number of esters is 2. The lowest BCUT2D eigenvalue weighted by molar-refractivity contribution is -0.159. The molecule has 1 rings (SSSR count). The molecule has 0 unspecified atom stereocenters. The number of hydrogen-bond donors (Lipinski definition) is 1. The van der Waals surface area contributed by atoms with Crippen molar-refractivity contribution in [2.45, 2.75) is 73.5 Å². The summed E-state index contributed by atoms with van der Waals surface area (Å²) >= 11 is 0. The van der Waals surface area contributed by atoms with Gasteiger partial charge in [-0.2, -0.15) is 0 Å². The fraction of sp³-hybridized carbons (Fsp3) is 0.630. The third kappa shape index (κ3) is 13.8. The van der Waals surface area contributed by atoms with Crippen LogP contribution in [-0.4, -0.2) is 56.2 Å². The summed E-state index contributed by atoms with van der Waals surface area (Å²) in [5.41, 5.74) is 6.50. The van der Waals surface area contributed by atoms with Crippen molar-refractivity contribution < 1.29 is 47.6 Å². The van der Waals surface area contributed by atoms with Gasteiger partial charge in [-0.1, -0.05) is 47.6 Å². The Morgan fingerprint density at radius 3 is 1.82 bits per heavy atom. The van der Waals surface area contributed by atoms with Crippen molar-refractivity contribution in [1.82, 2.24) is 0 Å². The molecule has 0 aliphatic heterocycles. The minimum atomic E-state index is -1.06. The van der Waals surface area contributed by atoms with Crippen LogP contribution in [0.15, 0.2) is 18.2 Å². The van der Waals surface area contributed by atoms with Gasteiger partial charge in [-0.05, 0) is 48.8 Å². The van der Waals surface area contributed by atoms with Crippen LogP contribution in [0.5, 0.6) is 11.5 Å². The van der Waals surface area contributed by atoms with E-state index in [1.54, 1.807) is 13.0 Å². The summed E-state index contributed by atoms with van der Waals surface area (Å²) in [5, 5.41) is 0. The molecule has 0 aromatic heterocycles. The van der Waals surface area contributed by atoms with Crippen LogP contribution >= 0.6 is 0 Å². The molecule has 1 aromatic rings. The van der Waals surface area contributed by atoms with E-state index in [1.807, 2.05) is 41.5 Å². The zero-order valence-electron chi connectivity index (χ0n) is 23.3. The van der Waals surface area contributed by atoms with E-state index in [-0.39, 0.29) is 67.9 Å². The predicted molar refractivity (Wildman–Crippen MR) is 138 cm³/mol. The minimum Gasteiger partial charge on any atom is -0.461 e. The zero-order valence-corrected chi connectivity index (χ0v) is 23.3. The second-order valence-corrected chi connectivity index (χ2v) is 10.2. The van der Waals surface area contributed by atoms with Gasteiger partial charge in [-0.3, -0.25) is 9.59 Å². The van der Waals surface area contributed by atoms with Crippen molar-refractivity contribution in [2.75, 3.05) is 19.8 Å². The van der Waals surface area contributed by atoms with Crippen LogP contribution in [0.2, 0.25) is 0 Å². The number of hydrogen-bond acceptors (Lipinski definition) is 11. The van der Waals surface area contributed by atoms with Gasteiger partial charge in [0.25, 0.3) is 0 Å². The Kier molecular flexibility index (Phi) is 14.2. The molecule has 1 aromatic carbocycles. The van der Waals surface area contributed by atoms with Crippen LogP contribution in [0.1, 0.15) is 60.5 Å². The smallest absolute Gasteiger partial charge is 0.461 e. The Morgan fingerprint density at radius 2 is 1.29 bits per heavy atom. The average Bonchev–Trinajstić information content (AvgIpc) is 2.80. The van der Waals surface area contributed by atoms with Gasteiger partial charge in [0.1, 0.15) is 18.8 Å². The zero-order chi connectivity index (χ0) is 28.8. The van der Waals surface area contributed by atoms with E-state index in [9.17, 15) is 19.2 Å². The maximum atomic E-state index is 12.4. The average molecular weight is 540 g/mol. The molecule has 0 fully saturated rings. The molecular formula is C27H41NO10. The van der Waals surface area contributed by atoms with Crippen LogP contribution in [0, 0.1) is 17.8 Å². The lowest BCUT2D eigenvalue weighted by atomic mass is 10.1. The van der Waals surface area contributed by atoms with Gasteiger partial charge in [0, 0.05) is 6.42 Å². The summed E-state index contributed by atoms with van der Waals surface area (Å²) < 4.78 is 30.9. The third-order valence-corrected chi connectivity index (χ3v) is 4.59. The molecule has 2 N–H and O–H groups in total. The van der Waals surface area contributed by atoms with E-state index >= 15 is 0 Å². The highest BCUT2D eigenvalue weighted by Crippen LogP contribution is 2.30. The molecule has 214 valence electrons. The molecule has 0 amide bonds. The Morgan fingerprint density at radius 1 is 0.737 bits per heavy atom. The number of nitrogens with two attached hydrogens (primary N) is 1. The van der Waals surface area contributed by atoms with Crippen molar-refractivity contribution in [3.8, 4) is 11.5 Å². The summed E-state index contributed by atoms with van der Waals surface area (Å²) in [5.74, 6) is -0.917. The fourth-order valence-electron chi connectivity index (χ4n) is 2.84. The predicted octanol–water partition coefficient (Wildman–Crippen LogP) is 4.42. The third-order valence-electron chi connectivity index (χ3n) is 4.59. The van der Waals surface area contributed by atoms with Crippen LogP contribution in [0.3, 0.4) is 0 Å². The van der Waals surface area contributed by atoms with E-state index in [1.165, 1.54) is 12.1 Å². The van der Waals surface area contributed by atoms with Gasteiger partial charge in [-0.15, -0.1) is 0 Å². The summed E-state index contributed by atoms with van der Waals surface area (Å²) in [7, 11) is 0. The standard InChI is InChI=1S/C27H41NO10/c1-16(2)10-24(29)36-19(7)15-33-25(30)21(28)11-20-8-9-22(37-26(31)34-13-17(3)4)23(12-20)38-27(32)35-14-18(5)6/h8-9,12,16-19,21H,10-11,13-15,28H2,1-7H3/t19-,21-/m0/s1. The Labute approximate surface area is 224 Å². The molecule has 0 saturated heterocycles. The van der Waals surface area contributed by atoms with E-state index in [0.717, 1.165) is 0 Å². The van der Waals surface area contributed by atoms with E-state index in [0.29, 0.717) is 5.56 Å². The molecule has 0 aliphatic rings. The molecule has 2 atom stereocenters. The number of rotatable bonds is 14. The molecule has 38 heavy (non-hydrogen) atoms. The van der Waals surface area contributed by atoms with Gasteiger partial charge in [0.15, 0.2) is 11.5 Å². The van der Waals surface area contributed by atoms with Crippen molar-refractivity contribution in [3.05, 3.63) is 23.8 Å². The Balaban J connectivity index is 2.85. The molecule has 11 heteroatoms. The number of ether oxygens (including phenoxy) is 6. The molecule has 0 spiro atoms. The van der Waals surface area contributed by atoms with Gasteiger partial charge >= 0.3 is 24.2 Å². The molecule has 11 nitrogen and oxygen atoms in total. The molecule has 0 bridgehead atoms. The molecule has 0 heterocycles. The van der Waals surface area contributed by atoms with Crippen molar-refractivity contribution in [3.63, 3.8) is 0 Å². The lowest BCUT2D eigenvalue weighted by Gasteiger charge is -2.17. The normalized spacial score (nSPS) is 12.6. The first kappa shape index (κ1) is 32.7. The van der Waals surface area contributed by atoms with Crippen LogP contribution in [-0.2, 0) is 35.0 Å². The molecule has 0 saturated carbocycles. The largest absolute Gasteiger partial charge is 0.513 e. The fourth-order valence-corrected chi connectivity index (χ4v) is 2.84. The summed E-state index contributed by atoms with van der Waals surface area (Å²) in [6, 6.07) is 3.30. The van der Waals surface area contributed by atoms with Gasteiger partial charge in [0.2, 0.25) is 0 Å². The quantitative estimate of drug-likeness (QED) is 0.203. The van der Waals surface area contributed by atoms with Crippen LogP contribution in [0.25, 0.3) is 0 Å². The number of benzene rings is 1. The molecular weight excluding hydrogens is 498 g/mol. The monoisotopic (exact) mass is 539 g/mol. The molecule has 0 aliphatic carbocycles. The van der Waals surface area contributed by atoms with E-state index in [2.05, 4.69) is 0 Å². The first-order chi connectivity index (χ1) is 17.8. The van der Waals surface area contributed by atoms with E-state index < -0.39 is 30.4 Å². The summed E-state index contributed by atoms with van der Waals surface area (Å²) in [4.78, 5) is 48.3. The number of carbonyl (C=O) groups is 4. The topological polar surface area (TPSA) is 150 Å². The highest BCUT2D eigenvalue weighted by Gasteiger charge is 2.21. The van der Waals surface area contributed by atoms with E-state index in [4.69, 9.17) is 34.2 Å².